The number of unbranched alkanes of at least 4 members (excludes halogenated alkanes) is 2. The highest BCUT2D eigenvalue weighted by Gasteiger charge is 2.16. The molecule has 0 aromatic heterocycles. The van der Waals surface area contributed by atoms with E-state index in [-0.39, 0.29) is 0 Å². The summed E-state index contributed by atoms with van der Waals surface area (Å²) in [5.41, 5.74) is 8.30. The first-order chi connectivity index (χ1) is 10.2. The van der Waals surface area contributed by atoms with Crippen molar-refractivity contribution in [2.75, 3.05) is 23.7 Å². The number of benzene rings is 1. The molecule has 0 spiro atoms. The van der Waals surface area contributed by atoms with Gasteiger partial charge in [0, 0.05) is 29.2 Å². The lowest BCUT2D eigenvalue weighted by molar-refractivity contribution is 0.677. The standard InChI is InChI=1S/C17H28N2S2/c1-4-7-12-19(13-8-5-2)14-10-9-11-15(21-6-3)16(14)17(18)20/h9-11H,4-8,12-13H2,1-3H3,(H2,18,20). The SMILES string of the molecule is CCCCN(CCCC)c1cccc(SCC)c1C(N)=S. The minimum absolute atomic E-state index is 0.513. The lowest BCUT2D eigenvalue weighted by Crippen LogP contribution is -2.28. The Morgan fingerprint density at radius 1 is 1.14 bits per heavy atom. The van der Waals surface area contributed by atoms with Gasteiger partial charge in [0.15, 0.2) is 0 Å². The van der Waals surface area contributed by atoms with E-state index in [1.54, 1.807) is 0 Å². The zero-order chi connectivity index (χ0) is 15.7. The van der Waals surface area contributed by atoms with Crippen LogP contribution in [0, 0.1) is 0 Å². The van der Waals surface area contributed by atoms with Crippen LogP contribution in [0.4, 0.5) is 5.69 Å². The van der Waals surface area contributed by atoms with Crippen molar-refractivity contribution in [2.24, 2.45) is 5.73 Å². The van der Waals surface area contributed by atoms with Crippen LogP contribution in [0.25, 0.3) is 0 Å². The highest BCUT2D eigenvalue weighted by atomic mass is 32.2. The summed E-state index contributed by atoms with van der Waals surface area (Å²) in [6.45, 7) is 8.77. The molecule has 1 aromatic rings. The molecule has 0 aliphatic heterocycles. The first-order valence-electron chi connectivity index (χ1n) is 7.96. The molecular weight excluding hydrogens is 296 g/mol. The Bertz CT molecular complexity index is 438. The third-order valence-corrected chi connectivity index (χ3v) is 4.60. The minimum Gasteiger partial charge on any atom is -0.389 e. The third kappa shape index (κ3) is 5.51. The molecule has 0 aliphatic carbocycles. The molecule has 0 aliphatic rings. The molecule has 118 valence electrons. The fraction of sp³-hybridized carbons (Fsp3) is 0.588. The number of thioether (sulfide) groups is 1. The maximum absolute atomic E-state index is 6.03. The van der Waals surface area contributed by atoms with Crippen LogP contribution in [-0.4, -0.2) is 23.8 Å². The van der Waals surface area contributed by atoms with E-state index in [9.17, 15) is 0 Å². The second-order valence-corrected chi connectivity index (χ2v) is 6.89. The van der Waals surface area contributed by atoms with Gasteiger partial charge in [0.25, 0.3) is 0 Å². The van der Waals surface area contributed by atoms with Crippen molar-refractivity contribution < 1.29 is 0 Å². The van der Waals surface area contributed by atoms with Crippen molar-refractivity contribution >= 4 is 34.7 Å². The van der Waals surface area contributed by atoms with E-state index in [2.05, 4.69) is 43.9 Å². The van der Waals surface area contributed by atoms with Gasteiger partial charge in [0.1, 0.15) is 4.99 Å². The van der Waals surface area contributed by atoms with Crippen molar-refractivity contribution in [3.05, 3.63) is 23.8 Å². The Morgan fingerprint density at radius 3 is 2.24 bits per heavy atom. The van der Waals surface area contributed by atoms with Gasteiger partial charge >= 0.3 is 0 Å². The van der Waals surface area contributed by atoms with Gasteiger partial charge in [-0.2, -0.15) is 0 Å². The number of nitrogens with two attached hydrogens (primary N) is 1. The van der Waals surface area contributed by atoms with Gasteiger partial charge in [-0.25, -0.2) is 0 Å². The van der Waals surface area contributed by atoms with Crippen molar-refractivity contribution in [1.82, 2.24) is 0 Å². The fourth-order valence-electron chi connectivity index (χ4n) is 2.36. The predicted octanol–water partition coefficient (Wildman–Crippen LogP) is 4.84. The molecule has 0 atom stereocenters. The molecule has 0 heterocycles. The van der Waals surface area contributed by atoms with E-state index < -0.39 is 0 Å². The molecule has 21 heavy (non-hydrogen) atoms. The van der Waals surface area contributed by atoms with E-state index in [0.717, 1.165) is 24.4 Å². The second-order valence-electron chi connectivity index (χ2n) is 5.14. The fourth-order valence-corrected chi connectivity index (χ4v) is 3.48. The molecule has 0 fully saturated rings. The van der Waals surface area contributed by atoms with Crippen LogP contribution in [0.15, 0.2) is 23.1 Å². The summed E-state index contributed by atoms with van der Waals surface area (Å²) in [5, 5.41) is 0. The van der Waals surface area contributed by atoms with Gasteiger partial charge in [-0.3, -0.25) is 0 Å². The number of hydrogen-bond donors (Lipinski definition) is 1. The van der Waals surface area contributed by atoms with Gasteiger partial charge in [0.2, 0.25) is 0 Å². The van der Waals surface area contributed by atoms with Gasteiger partial charge in [0.05, 0.1) is 0 Å². The number of anilines is 1. The van der Waals surface area contributed by atoms with Crippen LogP contribution in [0.5, 0.6) is 0 Å². The summed E-state index contributed by atoms with van der Waals surface area (Å²) in [4.78, 5) is 4.18. The van der Waals surface area contributed by atoms with Crippen molar-refractivity contribution in [3.63, 3.8) is 0 Å². The maximum atomic E-state index is 6.03. The number of rotatable bonds is 10. The summed E-state index contributed by atoms with van der Waals surface area (Å²) < 4.78 is 0. The third-order valence-electron chi connectivity index (χ3n) is 3.45. The van der Waals surface area contributed by atoms with Crippen LogP contribution in [-0.2, 0) is 0 Å². The van der Waals surface area contributed by atoms with E-state index in [4.69, 9.17) is 18.0 Å². The Morgan fingerprint density at radius 2 is 1.76 bits per heavy atom. The molecule has 0 bridgehead atoms. The molecule has 2 N–H and O–H groups in total. The normalized spacial score (nSPS) is 10.6. The number of nitrogens with zero attached hydrogens (tertiary/aromatic N) is 1. The Balaban J connectivity index is 3.15. The summed E-state index contributed by atoms with van der Waals surface area (Å²) in [6.07, 6.45) is 4.81. The van der Waals surface area contributed by atoms with Crippen LogP contribution in [0.1, 0.15) is 52.0 Å². The van der Waals surface area contributed by atoms with Gasteiger partial charge < -0.3 is 10.6 Å². The van der Waals surface area contributed by atoms with Crippen LogP contribution in [0.3, 0.4) is 0 Å². The molecule has 1 rings (SSSR count). The molecule has 0 amide bonds. The quantitative estimate of drug-likeness (QED) is 0.492. The summed E-state index contributed by atoms with van der Waals surface area (Å²) >= 11 is 7.15. The summed E-state index contributed by atoms with van der Waals surface area (Å²) in [7, 11) is 0. The second kappa shape index (κ2) is 10.1. The molecular formula is C17H28N2S2. The highest BCUT2D eigenvalue weighted by Crippen LogP contribution is 2.31. The lowest BCUT2D eigenvalue weighted by Gasteiger charge is -2.28. The number of hydrogen-bond acceptors (Lipinski definition) is 3. The zero-order valence-electron chi connectivity index (χ0n) is 13.5. The average Bonchev–Trinajstić information content (AvgIpc) is 2.47. The topological polar surface area (TPSA) is 29.3 Å². The first-order valence-corrected chi connectivity index (χ1v) is 9.35. The predicted molar refractivity (Wildman–Crippen MR) is 101 cm³/mol. The largest absolute Gasteiger partial charge is 0.389 e. The van der Waals surface area contributed by atoms with Gasteiger partial charge in [-0.05, 0) is 30.7 Å². The molecule has 4 heteroatoms. The van der Waals surface area contributed by atoms with Crippen LogP contribution in [0.2, 0.25) is 0 Å². The summed E-state index contributed by atoms with van der Waals surface area (Å²) in [5.74, 6) is 1.03. The molecule has 1 aromatic carbocycles. The van der Waals surface area contributed by atoms with Gasteiger partial charge in [-0.15, -0.1) is 11.8 Å². The van der Waals surface area contributed by atoms with E-state index in [0.29, 0.717) is 4.99 Å². The van der Waals surface area contributed by atoms with Crippen LogP contribution >= 0.6 is 24.0 Å². The minimum atomic E-state index is 0.513. The van der Waals surface area contributed by atoms with E-state index >= 15 is 0 Å². The monoisotopic (exact) mass is 324 g/mol. The Labute approximate surface area is 139 Å². The van der Waals surface area contributed by atoms with E-state index in [1.807, 2.05) is 11.8 Å². The molecule has 0 unspecified atom stereocenters. The zero-order valence-corrected chi connectivity index (χ0v) is 15.2. The average molecular weight is 325 g/mol. The molecule has 2 nitrogen and oxygen atoms in total. The van der Waals surface area contributed by atoms with Crippen LogP contribution < -0.4 is 10.6 Å². The highest BCUT2D eigenvalue weighted by molar-refractivity contribution is 7.99. The molecule has 0 saturated heterocycles. The smallest absolute Gasteiger partial charge is 0.107 e. The van der Waals surface area contributed by atoms with E-state index in [1.165, 1.54) is 36.3 Å². The Kier molecular flexibility index (Phi) is 8.77. The maximum Gasteiger partial charge on any atom is 0.107 e. The lowest BCUT2D eigenvalue weighted by atomic mass is 10.1. The summed E-state index contributed by atoms with van der Waals surface area (Å²) in [6, 6.07) is 6.42. The van der Waals surface area contributed by atoms with Crippen molar-refractivity contribution in [2.45, 2.75) is 51.3 Å². The molecule has 0 radical (unpaired) electrons. The first kappa shape index (κ1) is 18.3. The van der Waals surface area contributed by atoms with Crippen molar-refractivity contribution in [3.8, 4) is 0 Å². The Hall–Kier alpha value is -0.740. The molecule has 0 saturated carbocycles. The van der Waals surface area contributed by atoms with Crippen molar-refractivity contribution in [1.29, 1.82) is 0 Å². The number of thiocarbonyl (C=S) groups is 1. The van der Waals surface area contributed by atoms with Gasteiger partial charge in [-0.1, -0.05) is 51.9 Å².